The quantitative estimate of drug-likeness (QED) is 0.626. The second kappa shape index (κ2) is 6.35. The Labute approximate surface area is 140 Å². The smallest absolute Gasteiger partial charge is 0.256 e. The molecule has 0 aliphatic carbocycles. The van der Waals surface area contributed by atoms with Gasteiger partial charge in [0.2, 0.25) is 0 Å². The van der Waals surface area contributed by atoms with Gasteiger partial charge in [0, 0.05) is 10.0 Å². The van der Waals surface area contributed by atoms with E-state index < -0.39 is 0 Å². The summed E-state index contributed by atoms with van der Waals surface area (Å²) >= 11 is 21.2. The molecule has 104 valence electrons. The van der Waals surface area contributed by atoms with Gasteiger partial charge in [0.15, 0.2) is 0 Å². The minimum absolute atomic E-state index is 0.260. The SMILES string of the molecule is Cc1c(Br)cccc1C(=O)Nc1cc(Cl)c(Cl)cc1Cl. The number of rotatable bonds is 2. The molecule has 0 fully saturated rings. The van der Waals surface area contributed by atoms with Crippen molar-refractivity contribution in [1.82, 2.24) is 0 Å². The first-order valence-electron chi connectivity index (χ1n) is 5.61. The van der Waals surface area contributed by atoms with E-state index in [1.54, 1.807) is 12.1 Å². The lowest BCUT2D eigenvalue weighted by molar-refractivity contribution is 0.102. The second-order valence-electron chi connectivity index (χ2n) is 4.11. The Hall–Kier alpha value is -0.740. The van der Waals surface area contributed by atoms with Crippen LogP contribution in [0.25, 0.3) is 0 Å². The monoisotopic (exact) mass is 391 g/mol. The summed E-state index contributed by atoms with van der Waals surface area (Å²) in [5.74, 6) is -0.260. The van der Waals surface area contributed by atoms with E-state index in [1.807, 2.05) is 13.0 Å². The molecule has 0 saturated carbocycles. The fourth-order valence-electron chi connectivity index (χ4n) is 1.66. The van der Waals surface area contributed by atoms with Gasteiger partial charge in [-0.2, -0.15) is 0 Å². The summed E-state index contributed by atoms with van der Waals surface area (Å²) in [6.45, 7) is 1.86. The average Bonchev–Trinajstić information content (AvgIpc) is 2.39. The minimum Gasteiger partial charge on any atom is -0.321 e. The third kappa shape index (κ3) is 3.29. The van der Waals surface area contributed by atoms with E-state index in [4.69, 9.17) is 34.8 Å². The predicted octanol–water partition coefficient (Wildman–Crippen LogP) is 5.97. The molecule has 0 aliphatic rings. The molecule has 1 N–H and O–H groups in total. The molecule has 0 atom stereocenters. The Morgan fingerprint density at radius 3 is 2.45 bits per heavy atom. The van der Waals surface area contributed by atoms with Crippen LogP contribution in [0.5, 0.6) is 0 Å². The fraction of sp³-hybridized carbons (Fsp3) is 0.0714. The molecule has 6 heteroatoms. The molecule has 2 nitrogen and oxygen atoms in total. The van der Waals surface area contributed by atoms with Gasteiger partial charge in [0.05, 0.1) is 20.8 Å². The van der Waals surface area contributed by atoms with Gasteiger partial charge < -0.3 is 5.32 Å². The molecule has 0 unspecified atom stereocenters. The van der Waals surface area contributed by atoms with Crippen LogP contribution < -0.4 is 5.32 Å². The Balaban J connectivity index is 2.33. The third-order valence-corrected chi connectivity index (χ3v) is 4.66. The van der Waals surface area contributed by atoms with E-state index in [9.17, 15) is 4.79 Å². The summed E-state index contributed by atoms with van der Waals surface area (Å²) in [6.07, 6.45) is 0. The molecule has 0 spiro atoms. The van der Waals surface area contributed by atoms with Crippen molar-refractivity contribution in [2.24, 2.45) is 0 Å². The van der Waals surface area contributed by atoms with Gasteiger partial charge in [-0.15, -0.1) is 0 Å². The molecule has 2 aromatic carbocycles. The van der Waals surface area contributed by atoms with Gasteiger partial charge in [0.25, 0.3) is 5.91 Å². The minimum atomic E-state index is -0.260. The van der Waals surface area contributed by atoms with Crippen molar-refractivity contribution >= 4 is 62.3 Å². The van der Waals surface area contributed by atoms with Gasteiger partial charge in [-0.25, -0.2) is 0 Å². The molecule has 0 aliphatic heterocycles. The Morgan fingerprint density at radius 2 is 1.75 bits per heavy atom. The number of hydrogen-bond acceptors (Lipinski definition) is 1. The zero-order chi connectivity index (χ0) is 14.9. The molecule has 1 amide bonds. The Morgan fingerprint density at radius 1 is 1.10 bits per heavy atom. The van der Waals surface area contributed by atoms with E-state index in [0.717, 1.165) is 10.0 Å². The molecule has 0 heterocycles. The number of halogens is 4. The number of nitrogens with one attached hydrogen (secondary N) is 1. The molecule has 0 radical (unpaired) electrons. The number of anilines is 1. The van der Waals surface area contributed by atoms with Crippen LogP contribution in [0.1, 0.15) is 15.9 Å². The van der Waals surface area contributed by atoms with Gasteiger partial charge in [0.1, 0.15) is 0 Å². The summed E-state index contributed by atoms with van der Waals surface area (Å²) in [5, 5.41) is 3.73. The number of hydrogen-bond donors (Lipinski definition) is 1. The van der Waals surface area contributed by atoms with Crippen molar-refractivity contribution in [2.75, 3.05) is 5.32 Å². The van der Waals surface area contributed by atoms with Crippen LogP contribution in [-0.4, -0.2) is 5.91 Å². The normalized spacial score (nSPS) is 10.4. The molecular weight excluding hydrogens is 384 g/mol. The zero-order valence-electron chi connectivity index (χ0n) is 10.3. The van der Waals surface area contributed by atoms with E-state index in [0.29, 0.717) is 26.3 Å². The fourth-order valence-corrected chi connectivity index (χ4v) is 2.62. The number of amides is 1. The lowest BCUT2D eigenvalue weighted by atomic mass is 10.1. The van der Waals surface area contributed by atoms with Crippen LogP contribution in [0.15, 0.2) is 34.8 Å². The summed E-state index contributed by atoms with van der Waals surface area (Å²) in [6, 6.07) is 8.42. The maximum Gasteiger partial charge on any atom is 0.256 e. The summed E-state index contributed by atoms with van der Waals surface area (Å²) in [7, 11) is 0. The van der Waals surface area contributed by atoms with Crippen LogP contribution in [0.4, 0.5) is 5.69 Å². The summed E-state index contributed by atoms with van der Waals surface area (Å²) in [4.78, 5) is 12.3. The van der Waals surface area contributed by atoms with Crippen molar-refractivity contribution in [3.8, 4) is 0 Å². The standard InChI is InChI=1S/C14H9BrCl3NO/c1-7-8(3-2-4-9(7)15)14(20)19-13-6-11(17)10(16)5-12(13)18/h2-6H,1H3,(H,19,20). The van der Waals surface area contributed by atoms with Crippen LogP contribution in [0.3, 0.4) is 0 Å². The maximum absolute atomic E-state index is 12.3. The number of carbonyl (C=O) groups is 1. The average molecular weight is 393 g/mol. The topological polar surface area (TPSA) is 29.1 Å². The highest BCUT2D eigenvalue weighted by atomic mass is 79.9. The first kappa shape index (κ1) is 15.6. The highest BCUT2D eigenvalue weighted by Crippen LogP contribution is 2.32. The van der Waals surface area contributed by atoms with Crippen molar-refractivity contribution in [2.45, 2.75) is 6.92 Å². The van der Waals surface area contributed by atoms with Crippen LogP contribution in [-0.2, 0) is 0 Å². The lowest BCUT2D eigenvalue weighted by Gasteiger charge is -2.11. The third-order valence-electron chi connectivity index (χ3n) is 2.77. The Kier molecular flexibility index (Phi) is 4.97. The first-order chi connectivity index (χ1) is 9.40. The van der Waals surface area contributed by atoms with Crippen molar-refractivity contribution < 1.29 is 4.79 Å². The molecule has 0 bridgehead atoms. The summed E-state index contributed by atoms with van der Waals surface area (Å²) in [5.41, 5.74) is 1.83. The first-order valence-corrected chi connectivity index (χ1v) is 7.54. The van der Waals surface area contributed by atoms with Crippen LogP contribution in [0, 0.1) is 6.92 Å². The Bertz CT molecular complexity index is 688. The van der Waals surface area contributed by atoms with Crippen molar-refractivity contribution in [3.05, 3.63) is 61.0 Å². The highest BCUT2D eigenvalue weighted by molar-refractivity contribution is 9.10. The molecule has 0 aromatic heterocycles. The molecule has 2 rings (SSSR count). The van der Waals surface area contributed by atoms with Crippen LogP contribution >= 0.6 is 50.7 Å². The molecule has 20 heavy (non-hydrogen) atoms. The van der Waals surface area contributed by atoms with Gasteiger partial charge in [-0.3, -0.25) is 4.79 Å². The number of benzene rings is 2. The van der Waals surface area contributed by atoms with E-state index in [1.165, 1.54) is 12.1 Å². The zero-order valence-corrected chi connectivity index (χ0v) is 14.2. The molecule has 2 aromatic rings. The number of carbonyl (C=O) groups excluding carboxylic acids is 1. The van der Waals surface area contributed by atoms with E-state index >= 15 is 0 Å². The second-order valence-corrected chi connectivity index (χ2v) is 6.19. The highest BCUT2D eigenvalue weighted by Gasteiger charge is 2.13. The van der Waals surface area contributed by atoms with Gasteiger partial charge >= 0.3 is 0 Å². The van der Waals surface area contributed by atoms with E-state index in [-0.39, 0.29) is 5.91 Å². The van der Waals surface area contributed by atoms with Crippen LogP contribution in [0.2, 0.25) is 15.1 Å². The van der Waals surface area contributed by atoms with Gasteiger partial charge in [-0.05, 0) is 36.8 Å². The van der Waals surface area contributed by atoms with Gasteiger partial charge in [-0.1, -0.05) is 56.8 Å². The molecule has 0 saturated heterocycles. The van der Waals surface area contributed by atoms with E-state index in [2.05, 4.69) is 21.2 Å². The molecular formula is C14H9BrCl3NO. The van der Waals surface area contributed by atoms with Crippen molar-refractivity contribution in [1.29, 1.82) is 0 Å². The summed E-state index contributed by atoms with van der Waals surface area (Å²) < 4.78 is 0.866. The lowest BCUT2D eigenvalue weighted by Crippen LogP contribution is -2.13. The maximum atomic E-state index is 12.3. The van der Waals surface area contributed by atoms with Crippen molar-refractivity contribution in [3.63, 3.8) is 0 Å². The predicted molar refractivity (Wildman–Crippen MR) is 88.3 cm³/mol. The largest absolute Gasteiger partial charge is 0.321 e.